The van der Waals surface area contributed by atoms with E-state index in [1.54, 1.807) is 20.1 Å². The monoisotopic (exact) mass is 304 g/mol. The van der Waals surface area contributed by atoms with E-state index in [1.165, 1.54) is 0 Å². The summed E-state index contributed by atoms with van der Waals surface area (Å²) in [5.74, 6) is -0.930. The molecule has 118 valence electrons. The Morgan fingerprint density at radius 2 is 1.68 bits per heavy atom. The predicted molar refractivity (Wildman–Crippen MR) is 81.5 cm³/mol. The quantitative estimate of drug-likeness (QED) is 0.733. The Morgan fingerprint density at radius 1 is 1.05 bits per heavy atom. The lowest BCUT2D eigenvalue weighted by Gasteiger charge is -2.16. The maximum atomic E-state index is 11.8. The lowest BCUT2D eigenvalue weighted by atomic mass is 9.92. The molecule has 0 aliphatic heterocycles. The molecular formula is C17H20O5. The normalized spacial score (nSPS) is 10.9. The zero-order chi connectivity index (χ0) is 15.9. The Balaban J connectivity index is 2.20. The van der Waals surface area contributed by atoms with Gasteiger partial charge in [-0.05, 0) is 31.5 Å². The molecule has 5 nitrogen and oxygen atoms in total. The summed E-state index contributed by atoms with van der Waals surface area (Å²) in [5.41, 5.74) is 1.60. The van der Waals surface area contributed by atoms with Crippen molar-refractivity contribution >= 4 is 22.9 Å². The number of fused-ring (bicyclic) bond motifs is 1. The van der Waals surface area contributed by atoms with Crippen molar-refractivity contribution in [3.63, 3.8) is 0 Å². The van der Waals surface area contributed by atoms with Gasteiger partial charge in [-0.3, -0.25) is 9.59 Å². The van der Waals surface area contributed by atoms with E-state index in [2.05, 4.69) is 0 Å². The van der Waals surface area contributed by atoms with Crippen LogP contribution in [-0.4, -0.2) is 25.2 Å². The average Bonchev–Trinajstić information content (AvgIpc) is 2.94. The van der Waals surface area contributed by atoms with Crippen LogP contribution in [0.5, 0.6) is 0 Å². The number of furan rings is 1. The second-order valence-corrected chi connectivity index (χ2v) is 4.93. The molecule has 0 bridgehead atoms. The fraction of sp³-hybridized carbons (Fsp3) is 0.412. The minimum Gasteiger partial charge on any atom is -0.466 e. The maximum absolute atomic E-state index is 11.8. The molecule has 1 aromatic heterocycles. The zero-order valence-corrected chi connectivity index (χ0v) is 12.8. The average molecular weight is 304 g/mol. The third-order valence-electron chi connectivity index (χ3n) is 3.39. The van der Waals surface area contributed by atoms with Crippen LogP contribution in [-0.2, 0) is 19.1 Å². The van der Waals surface area contributed by atoms with Crippen LogP contribution in [0.25, 0.3) is 11.0 Å². The van der Waals surface area contributed by atoms with Crippen LogP contribution in [0.15, 0.2) is 34.9 Å². The third-order valence-corrected chi connectivity index (χ3v) is 3.39. The van der Waals surface area contributed by atoms with Gasteiger partial charge in [-0.1, -0.05) is 12.1 Å². The lowest BCUT2D eigenvalue weighted by molar-refractivity contribution is -0.145. The molecule has 2 aromatic rings. The second-order valence-electron chi connectivity index (χ2n) is 4.93. The van der Waals surface area contributed by atoms with Crippen LogP contribution in [0.2, 0.25) is 0 Å². The molecule has 0 spiro atoms. The SMILES string of the molecule is CCOC(=O)CC(CC(=O)OCC)c1ccc2ccoc2c1. The van der Waals surface area contributed by atoms with E-state index in [0.717, 1.165) is 16.5 Å². The number of ether oxygens (including phenoxy) is 2. The molecule has 0 saturated heterocycles. The van der Waals surface area contributed by atoms with E-state index in [4.69, 9.17) is 13.9 Å². The van der Waals surface area contributed by atoms with Crippen LogP contribution in [0.3, 0.4) is 0 Å². The van der Waals surface area contributed by atoms with Crippen molar-refractivity contribution in [1.29, 1.82) is 0 Å². The molecule has 0 atom stereocenters. The Kier molecular flexibility index (Phi) is 5.58. The number of hydrogen-bond donors (Lipinski definition) is 0. The highest BCUT2D eigenvalue weighted by Gasteiger charge is 2.21. The molecule has 1 aromatic carbocycles. The molecule has 0 aliphatic carbocycles. The highest BCUT2D eigenvalue weighted by atomic mass is 16.5. The van der Waals surface area contributed by atoms with E-state index >= 15 is 0 Å². The van der Waals surface area contributed by atoms with Crippen molar-refractivity contribution in [3.8, 4) is 0 Å². The number of carbonyl (C=O) groups excluding carboxylic acids is 2. The summed E-state index contributed by atoms with van der Waals surface area (Å²) in [6, 6.07) is 7.54. The van der Waals surface area contributed by atoms with Gasteiger partial charge in [0.25, 0.3) is 0 Å². The Bertz CT molecular complexity index is 623. The molecule has 0 N–H and O–H groups in total. The predicted octanol–water partition coefficient (Wildman–Crippen LogP) is 3.42. The first-order valence-corrected chi connectivity index (χ1v) is 7.42. The number of benzene rings is 1. The molecule has 0 saturated carbocycles. The zero-order valence-electron chi connectivity index (χ0n) is 12.8. The van der Waals surface area contributed by atoms with E-state index in [0.29, 0.717) is 13.2 Å². The van der Waals surface area contributed by atoms with Crippen LogP contribution in [0, 0.1) is 0 Å². The molecule has 1 heterocycles. The van der Waals surface area contributed by atoms with Crippen molar-refractivity contribution < 1.29 is 23.5 Å². The van der Waals surface area contributed by atoms with Crippen molar-refractivity contribution in [2.75, 3.05) is 13.2 Å². The first kappa shape index (κ1) is 16.1. The van der Waals surface area contributed by atoms with Crippen molar-refractivity contribution in [2.24, 2.45) is 0 Å². The minimum atomic E-state index is -0.323. The Labute approximate surface area is 129 Å². The van der Waals surface area contributed by atoms with Gasteiger partial charge in [-0.25, -0.2) is 0 Å². The van der Waals surface area contributed by atoms with Crippen molar-refractivity contribution in [1.82, 2.24) is 0 Å². The van der Waals surface area contributed by atoms with Gasteiger partial charge in [0.1, 0.15) is 5.58 Å². The van der Waals surface area contributed by atoms with Gasteiger partial charge in [0.05, 0.1) is 32.3 Å². The smallest absolute Gasteiger partial charge is 0.306 e. The van der Waals surface area contributed by atoms with Crippen LogP contribution >= 0.6 is 0 Å². The minimum absolute atomic E-state index is 0.138. The topological polar surface area (TPSA) is 65.7 Å². The van der Waals surface area contributed by atoms with Gasteiger partial charge in [-0.2, -0.15) is 0 Å². The summed E-state index contributed by atoms with van der Waals surface area (Å²) >= 11 is 0. The molecular weight excluding hydrogens is 284 g/mol. The van der Waals surface area contributed by atoms with E-state index in [1.807, 2.05) is 24.3 Å². The van der Waals surface area contributed by atoms with Gasteiger partial charge < -0.3 is 13.9 Å². The largest absolute Gasteiger partial charge is 0.466 e. The molecule has 0 unspecified atom stereocenters. The molecule has 0 aliphatic rings. The molecule has 0 amide bonds. The van der Waals surface area contributed by atoms with E-state index in [-0.39, 0.29) is 30.7 Å². The number of esters is 2. The van der Waals surface area contributed by atoms with Gasteiger partial charge in [0.2, 0.25) is 0 Å². The second kappa shape index (κ2) is 7.64. The first-order valence-electron chi connectivity index (χ1n) is 7.42. The van der Waals surface area contributed by atoms with E-state index in [9.17, 15) is 9.59 Å². The third kappa shape index (κ3) is 4.10. The number of rotatable bonds is 7. The van der Waals surface area contributed by atoms with Crippen molar-refractivity contribution in [2.45, 2.75) is 32.6 Å². The summed E-state index contributed by atoms with van der Waals surface area (Å²) in [6.45, 7) is 4.16. The Hall–Kier alpha value is -2.30. The van der Waals surface area contributed by atoms with Crippen LogP contribution < -0.4 is 0 Å². The summed E-state index contributed by atoms with van der Waals surface area (Å²) in [7, 11) is 0. The van der Waals surface area contributed by atoms with E-state index < -0.39 is 0 Å². The van der Waals surface area contributed by atoms with Gasteiger partial charge in [0, 0.05) is 11.3 Å². The van der Waals surface area contributed by atoms with Crippen LogP contribution in [0.1, 0.15) is 38.2 Å². The molecule has 0 radical (unpaired) electrons. The summed E-state index contributed by atoms with van der Waals surface area (Å²) in [4.78, 5) is 23.6. The fourth-order valence-electron chi connectivity index (χ4n) is 2.38. The highest BCUT2D eigenvalue weighted by molar-refractivity contribution is 5.79. The van der Waals surface area contributed by atoms with Crippen molar-refractivity contribution in [3.05, 3.63) is 36.1 Å². The van der Waals surface area contributed by atoms with Gasteiger partial charge in [0.15, 0.2) is 0 Å². The molecule has 22 heavy (non-hydrogen) atoms. The molecule has 0 fully saturated rings. The maximum Gasteiger partial charge on any atom is 0.306 e. The summed E-state index contributed by atoms with van der Waals surface area (Å²) in [5, 5.41) is 0.981. The summed E-state index contributed by atoms with van der Waals surface area (Å²) in [6.07, 6.45) is 1.89. The Morgan fingerprint density at radius 3 is 2.27 bits per heavy atom. The lowest BCUT2D eigenvalue weighted by Crippen LogP contribution is -2.15. The number of hydrogen-bond acceptors (Lipinski definition) is 5. The van der Waals surface area contributed by atoms with Gasteiger partial charge >= 0.3 is 11.9 Å². The summed E-state index contributed by atoms with van der Waals surface area (Å²) < 4.78 is 15.4. The van der Waals surface area contributed by atoms with Gasteiger partial charge in [-0.15, -0.1) is 0 Å². The van der Waals surface area contributed by atoms with Crippen LogP contribution in [0.4, 0.5) is 0 Å². The number of carbonyl (C=O) groups is 2. The molecule has 5 heteroatoms. The first-order chi connectivity index (χ1) is 10.6. The highest BCUT2D eigenvalue weighted by Crippen LogP contribution is 2.28. The molecule has 2 rings (SSSR count). The fourth-order valence-corrected chi connectivity index (χ4v) is 2.38. The standard InChI is InChI=1S/C17H20O5/c1-3-20-16(18)10-14(11-17(19)21-4-2)13-6-5-12-7-8-22-15(12)9-13/h5-9,14H,3-4,10-11H2,1-2H3.